The lowest BCUT2D eigenvalue weighted by Crippen LogP contribution is -1.98. The first-order valence-electron chi connectivity index (χ1n) is 8.93. The zero-order valence-corrected chi connectivity index (χ0v) is 15.2. The van der Waals surface area contributed by atoms with E-state index < -0.39 is 0 Å². The second-order valence-electron chi connectivity index (χ2n) is 7.36. The van der Waals surface area contributed by atoms with Gasteiger partial charge in [-0.15, -0.1) is 0 Å². The third kappa shape index (κ3) is 3.13. The molecule has 23 heavy (non-hydrogen) atoms. The van der Waals surface area contributed by atoms with Crippen LogP contribution in [0.15, 0.2) is 35.9 Å². The van der Waals surface area contributed by atoms with Crippen LogP contribution in [0.3, 0.4) is 0 Å². The van der Waals surface area contributed by atoms with Crippen LogP contribution in [0.2, 0.25) is 0 Å². The summed E-state index contributed by atoms with van der Waals surface area (Å²) in [6.45, 7) is 11.3. The Balaban J connectivity index is 2.23. The molecule has 2 aromatic rings. The molecule has 1 aliphatic rings. The maximum absolute atomic E-state index is 2.47. The summed E-state index contributed by atoms with van der Waals surface area (Å²) in [6, 6.07) is 11.7. The fraction of sp³-hybridized carbons (Fsp3) is 0.391. The third-order valence-corrected chi connectivity index (χ3v) is 4.84. The molecule has 0 heteroatoms. The van der Waals surface area contributed by atoms with Crippen molar-refractivity contribution in [3.05, 3.63) is 63.7 Å². The molecule has 0 nitrogen and oxygen atoms in total. The van der Waals surface area contributed by atoms with Crippen LogP contribution in [0.1, 0.15) is 67.3 Å². The highest BCUT2D eigenvalue weighted by molar-refractivity contribution is 5.84. The maximum atomic E-state index is 2.47. The molecule has 0 saturated carbocycles. The van der Waals surface area contributed by atoms with Gasteiger partial charge >= 0.3 is 0 Å². The van der Waals surface area contributed by atoms with E-state index in [2.05, 4.69) is 71.0 Å². The molecular weight excluding hydrogens is 276 g/mol. The van der Waals surface area contributed by atoms with Gasteiger partial charge in [-0.25, -0.2) is 0 Å². The Labute approximate surface area is 141 Å². The molecule has 0 fully saturated rings. The number of benzene rings is 2. The molecule has 3 rings (SSSR count). The van der Waals surface area contributed by atoms with Crippen LogP contribution in [-0.4, -0.2) is 0 Å². The molecule has 0 radical (unpaired) electrons. The van der Waals surface area contributed by atoms with Crippen molar-refractivity contribution >= 4 is 6.08 Å². The van der Waals surface area contributed by atoms with Crippen molar-refractivity contribution in [2.75, 3.05) is 0 Å². The monoisotopic (exact) mass is 304 g/mol. The van der Waals surface area contributed by atoms with Crippen LogP contribution in [0.25, 0.3) is 17.2 Å². The van der Waals surface area contributed by atoms with Crippen LogP contribution >= 0.6 is 0 Å². The fourth-order valence-corrected chi connectivity index (χ4v) is 3.90. The summed E-state index contributed by atoms with van der Waals surface area (Å²) in [5.74, 6) is 0.541. The summed E-state index contributed by atoms with van der Waals surface area (Å²) in [5, 5.41) is 0. The quantitative estimate of drug-likeness (QED) is 0.580. The Morgan fingerprint density at radius 3 is 2.30 bits per heavy atom. The van der Waals surface area contributed by atoms with Crippen molar-refractivity contribution in [3.8, 4) is 11.1 Å². The summed E-state index contributed by atoms with van der Waals surface area (Å²) in [7, 11) is 0. The lowest BCUT2D eigenvalue weighted by Gasteiger charge is -2.18. The van der Waals surface area contributed by atoms with Crippen LogP contribution in [-0.2, 0) is 6.42 Å². The number of allylic oxidation sites excluding steroid dienone is 1. The standard InChI is InChI=1S/C23H28/c1-6-7-18-13-19-8-9-21(15(2)3)23(22(19)14-18)20-11-16(4)10-17(5)12-20/h8-12,14-15H,6-7,13H2,1-5H3. The number of rotatable bonds is 4. The predicted octanol–water partition coefficient (Wildman–Crippen LogP) is 6.83. The molecule has 0 atom stereocenters. The zero-order valence-electron chi connectivity index (χ0n) is 15.2. The van der Waals surface area contributed by atoms with Crippen LogP contribution in [0.5, 0.6) is 0 Å². The number of fused-ring (bicyclic) bond motifs is 1. The van der Waals surface area contributed by atoms with E-state index >= 15 is 0 Å². The van der Waals surface area contributed by atoms with Gasteiger partial charge in [-0.2, -0.15) is 0 Å². The molecular formula is C23H28. The van der Waals surface area contributed by atoms with Crippen molar-refractivity contribution < 1.29 is 0 Å². The molecule has 0 unspecified atom stereocenters. The summed E-state index contributed by atoms with van der Waals surface area (Å²) in [6.07, 6.45) is 6.06. The molecule has 0 saturated heterocycles. The van der Waals surface area contributed by atoms with E-state index in [4.69, 9.17) is 0 Å². The van der Waals surface area contributed by atoms with Gasteiger partial charge in [0.1, 0.15) is 0 Å². The highest BCUT2D eigenvalue weighted by atomic mass is 14.2. The smallest absolute Gasteiger partial charge is 0.00576 e. The topological polar surface area (TPSA) is 0 Å². The van der Waals surface area contributed by atoms with Crippen molar-refractivity contribution in [3.63, 3.8) is 0 Å². The second kappa shape index (κ2) is 6.35. The molecule has 0 amide bonds. The molecule has 120 valence electrons. The van der Waals surface area contributed by atoms with Crippen LogP contribution in [0, 0.1) is 13.8 Å². The van der Waals surface area contributed by atoms with Crippen molar-refractivity contribution in [1.29, 1.82) is 0 Å². The van der Waals surface area contributed by atoms with E-state index in [1.165, 1.54) is 51.8 Å². The largest absolute Gasteiger partial charge is 0.0652 e. The average molecular weight is 304 g/mol. The number of aryl methyl sites for hydroxylation is 2. The molecule has 0 aliphatic heterocycles. The summed E-state index contributed by atoms with van der Waals surface area (Å²) in [5.41, 5.74) is 11.6. The van der Waals surface area contributed by atoms with Gasteiger partial charge in [-0.05, 0) is 60.4 Å². The molecule has 0 heterocycles. The van der Waals surface area contributed by atoms with E-state index in [0.717, 1.165) is 6.42 Å². The van der Waals surface area contributed by atoms with E-state index in [1.54, 1.807) is 5.57 Å². The molecule has 0 spiro atoms. The maximum Gasteiger partial charge on any atom is -0.00576 e. The van der Waals surface area contributed by atoms with E-state index in [0.29, 0.717) is 5.92 Å². The molecule has 0 aromatic heterocycles. The Hall–Kier alpha value is -1.82. The first-order chi connectivity index (χ1) is 11.0. The highest BCUT2D eigenvalue weighted by Crippen LogP contribution is 2.40. The van der Waals surface area contributed by atoms with Gasteiger partial charge in [-0.3, -0.25) is 0 Å². The van der Waals surface area contributed by atoms with Gasteiger partial charge in [0, 0.05) is 0 Å². The van der Waals surface area contributed by atoms with E-state index in [1.807, 2.05) is 0 Å². The SMILES string of the molecule is CCCC1=Cc2c(ccc(C(C)C)c2-c2cc(C)cc(C)c2)C1. The number of hydrogen-bond donors (Lipinski definition) is 0. The van der Waals surface area contributed by atoms with Crippen molar-refractivity contribution in [2.45, 2.75) is 59.8 Å². The molecule has 0 N–H and O–H groups in total. The third-order valence-electron chi connectivity index (χ3n) is 4.84. The molecule has 0 bridgehead atoms. The van der Waals surface area contributed by atoms with Crippen molar-refractivity contribution in [2.24, 2.45) is 0 Å². The first kappa shape index (κ1) is 16.1. The molecule has 2 aromatic carbocycles. The van der Waals surface area contributed by atoms with Crippen molar-refractivity contribution in [1.82, 2.24) is 0 Å². The van der Waals surface area contributed by atoms with E-state index in [9.17, 15) is 0 Å². The second-order valence-corrected chi connectivity index (χ2v) is 7.36. The zero-order chi connectivity index (χ0) is 16.6. The van der Waals surface area contributed by atoms with Gasteiger partial charge in [0.25, 0.3) is 0 Å². The normalized spacial score (nSPS) is 13.4. The Kier molecular flexibility index (Phi) is 4.43. The van der Waals surface area contributed by atoms with Gasteiger partial charge in [0.2, 0.25) is 0 Å². The van der Waals surface area contributed by atoms with Gasteiger partial charge in [-0.1, -0.05) is 80.3 Å². The minimum absolute atomic E-state index is 0.541. The number of hydrogen-bond acceptors (Lipinski definition) is 0. The summed E-state index contributed by atoms with van der Waals surface area (Å²) >= 11 is 0. The average Bonchev–Trinajstić information content (AvgIpc) is 2.87. The Bertz CT molecular complexity index is 740. The van der Waals surface area contributed by atoms with Gasteiger partial charge in [0.05, 0.1) is 0 Å². The minimum atomic E-state index is 0.541. The predicted molar refractivity (Wildman–Crippen MR) is 102 cm³/mol. The van der Waals surface area contributed by atoms with Gasteiger partial charge < -0.3 is 0 Å². The van der Waals surface area contributed by atoms with Crippen LogP contribution in [0.4, 0.5) is 0 Å². The van der Waals surface area contributed by atoms with Crippen LogP contribution < -0.4 is 0 Å². The highest BCUT2D eigenvalue weighted by Gasteiger charge is 2.20. The van der Waals surface area contributed by atoms with Gasteiger partial charge in [0.15, 0.2) is 0 Å². The summed E-state index contributed by atoms with van der Waals surface area (Å²) < 4.78 is 0. The lowest BCUT2D eigenvalue weighted by atomic mass is 9.86. The minimum Gasteiger partial charge on any atom is -0.0652 e. The Morgan fingerprint density at radius 1 is 1.00 bits per heavy atom. The summed E-state index contributed by atoms with van der Waals surface area (Å²) in [4.78, 5) is 0. The molecule has 1 aliphatic carbocycles. The lowest BCUT2D eigenvalue weighted by molar-refractivity contribution is 0.866. The first-order valence-corrected chi connectivity index (χ1v) is 8.93. The van der Waals surface area contributed by atoms with E-state index in [-0.39, 0.29) is 0 Å². The fourth-order valence-electron chi connectivity index (χ4n) is 3.90. The Morgan fingerprint density at radius 2 is 1.70 bits per heavy atom.